The van der Waals surface area contributed by atoms with E-state index in [0.717, 1.165) is 25.3 Å². The van der Waals surface area contributed by atoms with E-state index in [1.807, 2.05) is 0 Å². The van der Waals surface area contributed by atoms with E-state index in [4.69, 9.17) is 10.5 Å². The third-order valence-corrected chi connectivity index (χ3v) is 4.78. The predicted molar refractivity (Wildman–Crippen MR) is 85.2 cm³/mol. The van der Waals surface area contributed by atoms with Crippen LogP contribution >= 0.6 is 0 Å². The molecule has 112 valence electrons. The molecule has 0 saturated heterocycles. The van der Waals surface area contributed by atoms with Crippen molar-refractivity contribution in [2.75, 3.05) is 13.2 Å². The fourth-order valence-corrected chi connectivity index (χ4v) is 3.66. The first kappa shape index (κ1) is 15.4. The van der Waals surface area contributed by atoms with Crippen molar-refractivity contribution in [3.8, 4) is 5.75 Å². The van der Waals surface area contributed by atoms with Gasteiger partial charge in [-0.25, -0.2) is 0 Å². The maximum absolute atomic E-state index is 5.84. The largest absolute Gasteiger partial charge is 0.494 e. The monoisotopic (exact) mass is 275 g/mol. The summed E-state index contributed by atoms with van der Waals surface area (Å²) < 4.78 is 5.78. The molecule has 0 heterocycles. The van der Waals surface area contributed by atoms with Gasteiger partial charge in [-0.3, -0.25) is 0 Å². The highest BCUT2D eigenvalue weighted by Crippen LogP contribution is 2.44. The molecule has 0 aliphatic heterocycles. The van der Waals surface area contributed by atoms with E-state index in [1.165, 1.54) is 49.7 Å². The molecule has 1 aromatic carbocycles. The van der Waals surface area contributed by atoms with Crippen molar-refractivity contribution in [1.82, 2.24) is 0 Å². The molecule has 1 aliphatic carbocycles. The molecule has 1 aliphatic rings. The van der Waals surface area contributed by atoms with Gasteiger partial charge in [-0.2, -0.15) is 0 Å². The Morgan fingerprint density at radius 2 is 1.95 bits per heavy atom. The van der Waals surface area contributed by atoms with E-state index in [2.05, 4.69) is 32.0 Å². The molecule has 0 atom stereocenters. The summed E-state index contributed by atoms with van der Waals surface area (Å²) in [4.78, 5) is 0. The van der Waals surface area contributed by atoms with Crippen LogP contribution in [0.25, 0.3) is 0 Å². The van der Waals surface area contributed by atoms with Crippen LogP contribution in [0.2, 0.25) is 0 Å². The molecule has 2 heteroatoms. The Hall–Kier alpha value is -1.02. The summed E-state index contributed by atoms with van der Waals surface area (Å²) in [5.41, 5.74) is 9.03. The standard InChI is InChI=1S/C18H29NO/c1-3-20-17-7-6-15(2)14-16(17)8-11-18(12-13-19)9-4-5-10-18/h6-7,14H,3-5,8-13,19H2,1-2H3. The van der Waals surface area contributed by atoms with Gasteiger partial charge in [0.1, 0.15) is 5.75 Å². The van der Waals surface area contributed by atoms with Gasteiger partial charge in [-0.05, 0) is 69.5 Å². The Kier molecular flexibility index (Phi) is 5.47. The van der Waals surface area contributed by atoms with Gasteiger partial charge in [0, 0.05) is 0 Å². The highest BCUT2D eigenvalue weighted by atomic mass is 16.5. The second-order valence-electron chi connectivity index (χ2n) is 6.29. The molecule has 1 fully saturated rings. The summed E-state index contributed by atoms with van der Waals surface area (Å²) in [6.07, 6.45) is 9.05. The second kappa shape index (κ2) is 7.12. The molecular weight excluding hydrogens is 246 g/mol. The van der Waals surface area contributed by atoms with E-state index >= 15 is 0 Å². The van der Waals surface area contributed by atoms with Crippen molar-refractivity contribution in [3.05, 3.63) is 29.3 Å². The fourth-order valence-electron chi connectivity index (χ4n) is 3.66. The fraction of sp³-hybridized carbons (Fsp3) is 0.667. The molecule has 2 nitrogen and oxygen atoms in total. The Morgan fingerprint density at radius 1 is 1.20 bits per heavy atom. The zero-order chi connectivity index (χ0) is 14.4. The number of rotatable bonds is 7. The summed E-state index contributed by atoms with van der Waals surface area (Å²) in [5, 5.41) is 0. The summed E-state index contributed by atoms with van der Waals surface area (Å²) >= 11 is 0. The van der Waals surface area contributed by atoms with Gasteiger partial charge >= 0.3 is 0 Å². The Bertz CT molecular complexity index is 421. The molecular formula is C18H29NO. The topological polar surface area (TPSA) is 35.2 Å². The number of hydrogen-bond acceptors (Lipinski definition) is 2. The maximum atomic E-state index is 5.84. The van der Waals surface area contributed by atoms with Crippen LogP contribution in [0.15, 0.2) is 18.2 Å². The number of nitrogens with two attached hydrogens (primary N) is 1. The quantitative estimate of drug-likeness (QED) is 0.808. The highest BCUT2D eigenvalue weighted by Gasteiger charge is 2.32. The first-order valence-electron chi connectivity index (χ1n) is 8.11. The average Bonchev–Trinajstić information content (AvgIpc) is 2.89. The average molecular weight is 275 g/mol. The Labute approximate surface area is 123 Å². The molecule has 0 aromatic heterocycles. The van der Waals surface area contributed by atoms with Crippen molar-refractivity contribution in [1.29, 1.82) is 0 Å². The van der Waals surface area contributed by atoms with Crippen LogP contribution in [0, 0.1) is 12.3 Å². The van der Waals surface area contributed by atoms with Crippen LogP contribution in [0.4, 0.5) is 0 Å². The first-order valence-corrected chi connectivity index (χ1v) is 8.11. The lowest BCUT2D eigenvalue weighted by Crippen LogP contribution is -2.22. The molecule has 1 aromatic rings. The molecule has 0 radical (unpaired) electrons. The third kappa shape index (κ3) is 3.76. The van der Waals surface area contributed by atoms with Crippen LogP contribution < -0.4 is 10.5 Å². The summed E-state index contributed by atoms with van der Waals surface area (Å²) in [5.74, 6) is 1.07. The lowest BCUT2D eigenvalue weighted by atomic mass is 9.77. The van der Waals surface area contributed by atoms with Crippen LogP contribution in [0.1, 0.15) is 56.6 Å². The second-order valence-corrected chi connectivity index (χ2v) is 6.29. The number of ether oxygens (including phenoxy) is 1. The van der Waals surface area contributed by atoms with Crippen LogP contribution in [-0.4, -0.2) is 13.2 Å². The highest BCUT2D eigenvalue weighted by molar-refractivity contribution is 5.37. The number of benzene rings is 1. The lowest BCUT2D eigenvalue weighted by molar-refractivity contribution is 0.251. The van der Waals surface area contributed by atoms with Gasteiger partial charge in [0.05, 0.1) is 6.61 Å². The van der Waals surface area contributed by atoms with E-state index < -0.39 is 0 Å². The van der Waals surface area contributed by atoms with E-state index in [-0.39, 0.29) is 0 Å². The minimum atomic E-state index is 0.502. The van der Waals surface area contributed by atoms with Crippen molar-refractivity contribution in [3.63, 3.8) is 0 Å². The molecule has 0 unspecified atom stereocenters. The number of aryl methyl sites for hydroxylation is 2. The molecule has 2 rings (SSSR count). The number of hydrogen-bond donors (Lipinski definition) is 1. The normalized spacial score (nSPS) is 17.4. The Morgan fingerprint density at radius 3 is 2.60 bits per heavy atom. The van der Waals surface area contributed by atoms with E-state index in [1.54, 1.807) is 0 Å². The van der Waals surface area contributed by atoms with Gasteiger partial charge in [0.25, 0.3) is 0 Å². The van der Waals surface area contributed by atoms with E-state index in [0.29, 0.717) is 5.41 Å². The molecule has 20 heavy (non-hydrogen) atoms. The van der Waals surface area contributed by atoms with Gasteiger partial charge in [0.15, 0.2) is 0 Å². The van der Waals surface area contributed by atoms with Gasteiger partial charge in [-0.15, -0.1) is 0 Å². The van der Waals surface area contributed by atoms with Crippen LogP contribution in [0.3, 0.4) is 0 Å². The summed E-state index contributed by atoms with van der Waals surface area (Å²) in [6, 6.07) is 6.55. The molecule has 2 N–H and O–H groups in total. The van der Waals surface area contributed by atoms with Crippen molar-refractivity contribution >= 4 is 0 Å². The van der Waals surface area contributed by atoms with Gasteiger partial charge < -0.3 is 10.5 Å². The Balaban J connectivity index is 2.07. The lowest BCUT2D eigenvalue weighted by Gasteiger charge is -2.29. The predicted octanol–water partition coefficient (Wildman–Crippen LogP) is 4.24. The SMILES string of the molecule is CCOc1ccc(C)cc1CCC1(CCN)CCCC1. The third-order valence-electron chi connectivity index (χ3n) is 4.78. The first-order chi connectivity index (χ1) is 9.69. The van der Waals surface area contributed by atoms with Gasteiger partial charge in [-0.1, -0.05) is 30.5 Å². The van der Waals surface area contributed by atoms with Crippen LogP contribution in [-0.2, 0) is 6.42 Å². The van der Waals surface area contributed by atoms with Crippen molar-refractivity contribution < 1.29 is 4.74 Å². The smallest absolute Gasteiger partial charge is 0.122 e. The zero-order valence-electron chi connectivity index (χ0n) is 13.1. The summed E-state index contributed by atoms with van der Waals surface area (Å²) in [7, 11) is 0. The summed E-state index contributed by atoms with van der Waals surface area (Å²) in [6.45, 7) is 5.77. The molecule has 0 spiro atoms. The van der Waals surface area contributed by atoms with Gasteiger partial charge in [0.2, 0.25) is 0 Å². The minimum absolute atomic E-state index is 0.502. The minimum Gasteiger partial charge on any atom is -0.494 e. The molecule has 1 saturated carbocycles. The molecule has 0 amide bonds. The molecule has 0 bridgehead atoms. The zero-order valence-corrected chi connectivity index (χ0v) is 13.1. The van der Waals surface area contributed by atoms with Crippen molar-refractivity contribution in [2.24, 2.45) is 11.1 Å². The van der Waals surface area contributed by atoms with Crippen LogP contribution in [0.5, 0.6) is 5.75 Å². The van der Waals surface area contributed by atoms with Crippen molar-refractivity contribution in [2.45, 2.75) is 58.8 Å². The maximum Gasteiger partial charge on any atom is 0.122 e. The van der Waals surface area contributed by atoms with E-state index in [9.17, 15) is 0 Å².